The number of rotatable bonds is 4. The number of oxazole rings is 1. The van der Waals surface area contributed by atoms with Gasteiger partial charge in [-0.15, -0.1) is 0 Å². The van der Waals surface area contributed by atoms with Gasteiger partial charge < -0.3 is 14.2 Å². The van der Waals surface area contributed by atoms with Crippen LogP contribution < -0.4 is 4.90 Å². The average Bonchev–Trinajstić information content (AvgIpc) is 3.09. The average molecular weight is 377 g/mol. The topological polar surface area (TPSA) is 75.4 Å². The van der Waals surface area contributed by atoms with Crippen LogP contribution >= 0.6 is 0 Å². The van der Waals surface area contributed by atoms with E-state index in [2.05, 4.69) is 19.9 Å². The lowest BCUT2D eigenvalue weighted by Gasteiger charge is -2.34. The van der Waals surface area contributed by atoms with E-state index in [0.29, 0.717) is 36.4 Å². The zero-order valence-electron chi connectivity index (χ0n) is 16.1. The lowest BCUT2D eigenvalue weighted by Crippen LogP contribution is -2.49. The highest BCUT2D eigenvalue weighted by Crippen LogP contribution is 2.25. The van der Waals surface area contributed by atoms with E-state index in [1.54, 1.807) is 18.5 Å². The zero-order chi connectivity index (χ0) is 19.5. The fourth-order valence-corrected chi connectivity index (χ4v) is 3.39. The summed E-state index contributed by atoms with van der Waals surface area (Å²) < 4.78 is 5.84. The number of carbonyl (C=O) groups is 1. The Morgan fingerprint density at radius 3 is 2.46 bits per heavy atom. The molecule has 4 rings (SSSR count). The van der Waals surface area contributed by atoms with E-state index < -0.39 is 0 Å². The van der Waals surface area contributed by atoms with Crippen LogP contribution in [0.1, 0.15) is 17.0 Å². The number of nitrogens with zero attached hydrogens (tertiary/aromatic N) is 5. The van der Waals surface area contributed by atoms with Crippen LogP contribution in [0.3, 0.4) is 0 Å². The summed E-state index contributed by atoms with van der Waals surface area (Å²) in [5.41, 5.74) is 2.76. The first-order chi connectivity index (χ1) is 13.6. The minimum atomic E-state index is 0.0707. The van der Waals surface area contributed by atoms with E-state index in [0.717, 1.165) is 24.2 Å². The van der Waals surface area contributed by atoms with Crippen molar-refractivity contribution in [2.24, 2.45) is 0 Å². The van der Waals surface area contributed by atoms with Crippen molar-refractivity contribution in [3.05, 3.63) is 59.7 Å². The molecule has 0 spiro atoms. The number of amides is 1. The second-order valence-corrected chi connectivity index (χ2v) is 6.93. The minimum Gasteiger partial charge on any atom is -0.441 e. The van der Waals surface area contributed by atoms with Gasteiger partial charge in [0.1, 0.15) is 5.76 Å². The smallest absolute Gasteiger partial charge is 0.228 e. The highest BCUT2D eigenvalue weighted by Gasteiger charge is 2.24. The zero-order valence-corrected chi connectivity index (χ0v) is 16.1. The third-order valence-electron chi connectivity index (χ3n) is 5.05. The number of aromatic nitrogens is 3. The molecule has 7 nitrogen and oxygen atoms in total. The Labute approximate surface area is 164 Å². The summed E-state index contributed by atoms with van der Waals surface area (Å²) in [6, 6.07) is 9.75. The summed E-state index contributed by atoms with van der Waals surface area (Å²) in [5.74, 6) is 2.05. The molecule has 1 amide bonds. The molecule has 1 saturated heterocycles. The molecule has 0 saturated carbocycles. The third kappa shape index (κ3) is 3.74. The molecule has 0 radical (unpaired) electrons. The number of anilines is 1. The molecule has 1 fully saturated rings. The first-order valence-corrected chi connectivity index (χ1v) is 9.44. The molecule has 7 heteroatoms. The van der Waals surface area contributed by atoms with Crippen LogP contribution in [0.25, 0.3) is 11.5 Å². The molecule has 1 aliphatic heterocycles. The maximum Gasteiger partial charge on any atom is 0.228 e. The summed E-state index contributed by atoms with van der Waals surface area (Å²) in [6.07, 6.45) is 3.72. The molecule has 144 valence electrons. The monoisotopic (exact) mass is 377 g/mol. The van der Waals surface area contributed by atoms with Crippen molar-refractivity contribution in [2.45, 2.75) is 20.3 Å². The van der Waals surface area contributed by atoms with Gasteiger partial charge in [0.15, 0.2) is 0 Å². The van der Waals surface area contributed by atoms with Gasteiger partial charge in [-0.1, -0.05) is 18.2 Å². The normalized spacial score (nSPS) is 14.4. The summed E-state index contributed by atoms with van der Waals surface area (Å²) in [7, 11) is 0. The van der Waals surface area contributed by atoms with Crippen molar-refractivity contribution >= 4 is 11.9 Å². The maximum atomic E-state index is 12.8. The molecule has 28 heavy (non-hydrogen) atoms. The quantitative estimate of drug-likeness (QED) is 0.696. The highest BCUT2D eigenvalue weighted by molar-refractivity contribution is 5.79. The van der Waals surface area contributed by atoms with Crippen molar-refractivity contribution in [3.8, 4) is 11.5 Å². The van der Waals surface area contributed by atoms with Crippen molar-refractivity contribution in [1.29, 1.82) is 0 Å². The molecule has 0 aliphatic carbocycles. The van der Waals surface area contributed by atoms with Gasteiger partial charge in [0, 0.05) is 44.1 Å². The minimum absolute atomic E-state index is 0.0707. The fraction of sp³-hybridized carbons (Fsp3) is 0.333. The van der Waals surface area contributed by atoms with Gasteiger partial charge in [-0.2, -0.15) is 0 Å². The van der Waals surface area contributed by atoms with E-state index in [4.69, 9.17) is 4.42 Å². The lowest BCUT2D eigenvalue weighted by atomic mass is 10.1. The first-order valence-electron chi connectivity index (χ1n) is 9.44. The standard InChI is InChI=1S/C21H23N5O2/c1-15-6-3-4-7-17(15)20-24-18(16(2)28-20)14-19(27)25-10-12-26(13-11-25)21-22-8-5-9-23-21/h3-9H,10-14H2,1-2H3. The van der Waals surface area contributed by atoms with Gasteiger partial charge in [-0.3, -0.25) is 4.79 Å². The van der Waals surface area contributed by atoms with Crippen LogP contribution in [0.4, 0.5) is 5.95 Å². The molecule has 1 aromatic carbocycles. The van der Waals surface area contributed by atoms with Crippen LogP contribution in [-0.2, 0) is 11.2 Å². The second kappa shape index (κ2) is 7.80. The summed E-state index contributed by atoms with van der Waals surface area (Å²) in [5, 5.41) is 0. The molecule has 2 aromatic heterocycles. The number of piperazine rings is 1. The second-order valence-electron chi connectivity index (χ2n) is 6.93. The fourth-order valence-electron chi connectivity index (χ4n) is 3.39. The Bertz CT molecular complexity index is 962. The van der Waals surface area contributed by atoms with Crippen LogP contribution in [0.2, 0.25) is 0 Å². The van der Waals surface area contributed by atoms with Gasteiger partial charge in [-0.25, -0.2) is 15.0 Å². The Balaban J connectivity index is 1.40. The summed E-state index contributed by atoms with van der Waals surface area (Å²) in [6.45, 7) is 6.64. The summed E-state index contributed by atoms with van der Waals surface area (Å²) >= 11 is 0. The molecular formula is C21H23N5O2. The first kappa shape index (κ1) is 18.2. The number of aryl methyl sites for hydroxylation is 2. The van der Waals surface area contributed by atoms with Crippen molar-refractivity contribution < 1.29 is 9.21 Å². The van der Waals surface area contributed by atoms with E-state index in [1.807, 2.05) is 43.0 Å². The SMILES string of the molecule is Cc1ccccc1-c1nc(CC(=O)N2CCN(c3ncccn3)CC2)c(C)o1. The van der Waals surface area contributed by atoms with Crippen molar-refractivity contribution in [3.63, 3.8) is 0 Å². The van der Waals surface area contributed by atoms with Gasteiger partial charge in [0.25, 0.3) is 0 Å². The predicted molar refractivity (Wildman–Crippen MR) is 106 cm³/mol. The lowest BCUT2D eigenvalue weighted by molar-refractivity contribution is -0.130. The largest absolute Gasteiger partial charge is 0.441 e. The summed E-state index contributed by atoms with van der Waals surface area (Å²) in [4.78, 5) is 29.9. The molecule has 0 N–H and O–H groups in total. The molecule has 0 atom stereocenters. The van der Waals surface area contributed by atoms with Crippen molar-refractivity contribution in [2.75, 3.05) is 31.1 Å². The number of carbonyl (C=O) groups excluding carboxylic acids is 1. The maximum absolute atomic E-state index is 12.8. The van der Waals surface area contributed by atoms with Crippen LogP contribution in [-0.4, -0.2) is 51.9 Å². The highest BCUT2D eigenvalue weighted by atomic mass is 16.4. The third-order valence-corrected chi connectivity index (χ3v) is 5.05. The molecule has 0 bridgehead atoms. The van der Waals surface area contributed by atoms with Crippen LogP contribution in [0, 0.1) is 13.8 Å². The Morgan fingerprint density at radius 1 is 1.04 bits per heavy atom. The predicted octanol–water partition coefficient (Wildman–Crippen LogP) is 2.64. The molecule has 0 unspecified atom stereocenters. The van der Waals surface area contributed by atoms with E-state index in [-0.39, 0.29) is 12.3 Å². The number of benzene rings is 1. The van der Waals surface area contributed by atoms with Crippen LogP contribution in [0.5, 0.6) is 0 Å². The van der Waals surface area contributed by atoms with Crippen LogP contribution in [0.15, 0.2) is 47.1 Å². The molecule has 1 aliphatic rings. The molecule has 3 aromatic rings. The number of hydrogen-bond acceptors (Lipinski definition) is 6. The molecule has 3 heterocycles. The van der Waals surface area contributed by atoms with Gasteiger partial charge in [-0.05, 0) is 31.5 Å². The van der Waals surface area contributed by atoms with E-state index >= 15 is 0 Å². The van der Waals surface area contributed by atoms with Crippen molar-refractivity contribution in [1.82, 2.24) is 19.9 Å². The van der Waals surface area contributed by atoms with Gasteiger partial charge in [0.05, 0.1) is 12.1 Å². The van der Waals surface area contributed by atoms with Gasteiger partial charge in [0.2, 0.25) is 17.7 Å². The van der Waals surface area contributed by atoms with Gasteiger partial charge >= 0.3 is 0 Å². The Kier molecular flexibility index (Phi) is 5.06. The molecular weight excluding hydrogens is 354 g/mol. The Morgan fingerprint density at radius 2 is 1.75 bits per heavy atom. The number of hydrogen-bond donors (Lipinski definition) is 0. The van der Waals surface area contributed by atoms with E-state index in [9.17, 15) is 4.79 Å². The Hall–Kier alpha value is -3.22. The van der Waals surface area contributed by atoms with E-state index in [1.165, 1.54) is 0 Å².